The second-order valence-corrected chi connectivity index (χ2v) is 6.39. The summed E-state index contributed by atoms with van der Waals surface area (Å²) in [6.45, 7) is 2.25. The minimum absolute atomic E-state index is 0.241. The molecule has 0 aliphatic heterocycles. The average Bonchev–Trinajstić information content (AvgIpc) is 2.98. The van der Waals surface area contributed by atoms with Crippen LogP contribution in [0.25, 0.3) is 0 Å². The molecule has 2 N–H and O–H groups in total. The Morgan fingerprint density at radius 2 is 1.96 bits per heavy atom. The highest BCUT2D eigenvalue weighted by molar-refractivity contribution is 7.80. The van der Waals surface area contributed by atoms with Gasteiger partial charge in [-0.25, -0.2) is 4.39 Å². The lowest BCUT2D eigenvalue weighted by Crippen LogP contribution is -2.18. The molecule has 0 aliphatic carbocycles. The van der Waals surface area contributed by atoms with Crippen LogP contribution in [-0.4, -0.2) is 14.9 Å². The van der Waals surface area contributed by atoms with Crippen LogP contribution in [-0.2, 0) is 6.54 Å². The molecule has 2 aromatic carbocycles. The number of hydrogen-bond donors (Lipinski definition) is 2. The molecule has 0 saturated heterocycles. The van der Waals surface area contributed by atoms with Gasteiger partial charge in [-0.3, -0.25) is 4.68 Å². The molecule has 0 spiro atoms. The van der Waals surface area contributed by atoms with E-state index in [-0.39, 0.29) is 12.4 Å². The van der Waals surface area contributed by atoms with Crippen molar-refractivity contribution in [1.82, 2.24) is 9.78 Å². The highest BCUT2D eigenvalue weighted by Gasteiger charge is 2.09. The van der Waals surface area contributed by atoms with Crippen molar-refractivity contribution in [2.24, 2.45) is 0 Å². The Hall–Kier alpha value is -2.44. The van der Waals surface area contributed by atoms with E-state index in [1.54, 1.807) is 29.2 Å². The van der Waals surface area contributed by atoms with Gasteiger partial charge in [-0.15, -0.1) is 0 Å². The van der Waals surface area contributed by atoms with Gasteiger partial charge < -0.3 is 10.6 Å². The Kier molecular flexibility index (Phi) is 5.31. The molecule has 7 heteroatoms. The van der Waals surface area contributed by atoms with E-state index in [4.69, 9.17) is 23.8 Å². The largest absolute Gasteiger partial charge is 0.332 e. The molecular formula is C18H16ClFN4S. The number of aryl methyl sites for hydroxylation is 1. The van der Waals surface area contributed by atoms with Crippen molar-refractivity contribution in [3.63, 3.8) is 0 Å². The molecule has 0 aliphatic rings. The van der Waals surface area contributed by atoms with Gasteiger partial charge in [0.15, 0.2) is 5.11 Å². The second-order valence-electron chi connectivity index (χ2n) is 5.58. The molecule has 0 amide bonds. The predicted octanol–water partition coefficient (Wildman–Crippen LogP) is 4.84. The number of benzene rings is 2. The Balaban J connectivity index is 1.64. The summed E-state index contributed by atoms with van der Waals surface area (Å²) in [5.74, 6) is -0.353. The normalized spacial score (nSPS) is 10.5. The van der Waals surface area contributed by atoms with Crippen LogP contribution in [0.5, 0.6) is 0 Å². The number of nitrogens with zero attached hydrogens (tertiary/aromatic N) is 2. The smallest absolute Gasteiger partial charge is 0.175 e. The van der Waals surface area contributed by atoms with E-state index >= 15 is 0 Å². The zero-order valence-corrected chi connectivity index (χ0v) is 15.0. The topological polar surface area (TPSA) is 41.9 Å². The first kappa shape index (κ1) is 17.4. The van der Waals surface area contributed by atoms with E-state index in [1.807, 2.05) is 31.2 Å². The van der Waals surface area contributed by atoms with Gasteiger partial charge in [0.2, 0.25) is 0 Å². The zero-order valence-electron chi connectivity index (χ0n) is 13.5. The molecule has 3 aromatic rings. The van der Waals surface area contributed by atoms with Gasteiger partial charge in [-0.1, -0.05) is 29.8 Å². The first-order chi connectivity index (χ1) is 12.0. The van der Waals surface area contributed by atoms with Crippen molar-refractivity contribution in [3.05, 3.63) is 76.8 Å². The summed E-state index contributed by atoms with van der Waals surface area (Å²) in [6, 6.07) is 12.5. The molecule has 0 atom stereocenters. The van der Waals surface area contributed by atoms with Crippen LogP contribution in [0.1, 0.15) is 11.1 Å². The van der Waals surface area contributed by atoms with E-state index in [0.29, 0.717) is 21.4 Å². The number of aromatic nitrogens is 2. The van der Waals surface area contributed by atoms with Crippen LogP contribution in [0.4, 0.5) is 15.8 Å². The molecule has 0 bridgehead atoms. The van der Waals surface area contributed by atoms with Crippen LogP contribution in [0.2, 0.25) is 5.02 Å². The number of anilines is 2. The third-order valence-corrected chi connectivity index (χ3v) is 4.11. The molecule has 1 aromatic heterocycles. The first-order valence-corrected chi connectivity index (χ1v) is 8.40. The fourth-order valence-corrected chi connectivity index (χ4v) is 2.83. The Morgan fingerprint density at radius 1 is 1.20 bits per heavy atom. The van der Waals surface area contributed by atoms with Crippen molar-refractivity contribution in [3.8, 4) is 0 Å². The average molecular weight is 375 g/mol. The van der Waals surface area contributed by atoms with Crippen LogP contribution < -0.4 is 10.6 Å². The molecule has 4 nitrogen and oxygen atoms in total. The van der Waals surface area contributed by atoms with Crippen molar-refractivity contribution in [1.29, 1.82) is 0 Å². The molecule has 128 valence electrons. The van der Waals surface area contributed by atoms with Gasteiger partial charge in [0, 0.05) is 22.5 Å². The van der Waals surface area contributed by atoms with E-state index < -0.39 is 0 Å². The molecule has 0 fully saturated rings. The van der Waals surface area contributed by atoms with Crippen molar-refractivity contribution >= 4 is 40.3 Å². The Bertz CT molecular complexity index is 889. The Labute approximate surface area is 155 Å². The van der Waals surface area contributed by atoms with E-state index in [9.17, 15) is 4.39 Å². The summed E-state index contributed by atoms with van der Waals surface area (Å²) in [4.78, 5) is 0. The second kappa shape index (κ2) is 7.63. The lowest BCUT2D eigenvalue weighted by Gasteiger charge is -2.09. The number of hydrogen-bond acceptors (Lipinski definition) is 2. The molecule has 0 radical (unpaired) electrons. The molecular weight excluding hydrogens is 359 g/mol. The first-order valence-electron chi connectivity index (χ1n) is 7.61. The highest BCUT2D eigenvalue weighted by Crippen LogP contribution is 2.20. The van der Waals surface area contributed by atoms with Gasteiger partial charge in [0.25, 0.3) is 0 Å². The van der Waals surface area contributed by atoms with Crippen LogP contribution in [0, 0.1) is 12.7 Å². The van der Waals surface area contributed by atoms with Crippen molar-refractivity contribution < 1.29 is 4.39 Å². The highest BCUT2D eigenvalue weighted by atomic mass is 35.5. The minimum Gasteiger partial charge on any atom is -0.332 e. The maximum atomic E-state index is 13.9. The number of rotatable bonds is 4. The molecule has 0 saturated carbocycles. The lowest BCUT2D eigenvalue weighted by molar-refractivity contribution is 0.585. The van der Waals surface area contributed by atoms with Gasteiger partial charge in [-0.05, 0) is 49.0 Å². The summed E-state index contributed by atoms with van der Waals surface area (Å²) in [7, 11) is 0. The number of halogens is 2. The third kappa shape index (κ3) is 4.55. The quantitative estimate of drug-likeness (QED) is 0.641. The van der Waals surface area contributed by atoms with E-state index in [0.717, 1.165) is 11.3 Å². The summed E-state index contributed by atoms with van der Waals surface area (Å²) < 4.78 is 15.5. The molecule has 3 rings (SSSR count). The fourth-order valence-electron chi connectivity index (χ4n) is 2.38. The van der Waals surface area contributed by atoms with Gasteiger partial charge in [0.05, 0.1) is 18.4 Å². The molecule has 25 heavy (non-hydrogen) atoms. The number of nitrogens with one attached hydrogen (secondary N) is 2. The summed E-state index contributed by atoms with van der Waals surface area (Å²) in [6.07, 6.45) is 3.37. The van der Waals surface area contributed by atoms with Crippen molar-refractivity contribution in [2.75, 3.05) is 10.6 Å². The van der Waals surface area contributed by atoms with Gasteiger partial charge in [0.1, 0.15) is 5.82 Å². The summed E-state index contributed by atoms with van der Waals surface area (Å²) >= 11 is 11.3. The molecule has 1 heterocycles. The standard InChI is InChI=1S/C18H16ClFN4S/c1-12-4-2-5-13(8-12)22-18(25)23-14-9-21-24(10-14)11-15-16(19)6-3-7-17(15)20/h2-10H,11H2,1H3,(H2,22,23,25). The maximum Gasteiger partial charge on any atom is 0.175 e. The van der Waals surface area contributed by atoms with Crippen LogP contribution in [0.3, 0.4) is 0 Å². The maximum absolute atomic E-state index is 13.9. The summed E-state index contributed by atoms with van der Waals surface area (Å²) in [5, 5.41) is 11.2. The zero-order chi connectivity index (χ0) is 17.8. The van der Waals surface area contributed by atoms with Gasteiger partial charge in [-0.2, -0.15) is 5.10 Å². The Morgan fingerprint density at radius 3 is 2.72 bits per heavy atom. The summed E-state index contributed by atoms with van der Waals surface area (Å²) in [5.41, 5.74) is 3.15. The number of thiocarbonyl (C=S) groups is 1. The lowest BCUT2D eigenvalue weighted by atomic mass is 10.2. The SMILES string of the molecule is Cc1cccc(NC(=S)Nc2cnn(Cc3c(F)cccc3Cl)c2)c1. The van der Waals surface area contributed by atoms with Crippen LogP contribution >= 0.6 is 23.8 Å². The molecule has 0 unspecified atom stereocenters. The van der Waals surface area contributed by atoms with Crippen molar-refractivity contribution in [2.45, 2.75) is 13.5 Å². The van der Waals surface area contributed by atoms with Crippen LogP contribution in [0.15, 0.2) is 54.9 Å². The van der Waals surface area contributed by atoms with E-state index in [2.05, 4.69) is 15.7 Å². The third-order valence-electron chi connectivity index (χ3n) is 3.55. The van der Waals surface area contributed by atoms with Gasteiger partial charge >= 0.3 is 0 Å². The monoisotopic (exact) mass is 374 g/mol. The fraction of sp³-hybridized carbons (Fsp3) is 0.111. The minimum atomic E-state index is -0.353. The van der Waals surface area contributed by atoms with E-state index in [1.165, 1.54) is 6.07 Å². The predicted molar refractivity (Wildman–Crippen MR) is 104 cm³/mol.